The molecule has 0 radical (unpaired) electrons. The predicted octanol–water partition coefficient (Wildman–Crippen LogP) is 4.07. The zero-order chi connectivity index (χ0) is 13.8. The minimum atomic E-state index is -0.206. The number of hydrogen-bond donors (Lipinski definition) is 1. The van der Waals surface area contributed by atoms with Gasteiger partial charge in [0.25, 0.3) is 0 Å². The maximum absolute atomic E-state index is 13.3. The molecular weight excluding hydrogens is 261 g/mol. The molecule has 2 aromatic rings. The van der Waals surface area contributed by atoms with Gasteiger partial charge in [0, 0.05) is 10.9 Å². The predicted molar refractivity (Wildman–Crippen MR) is 78.1 cm³/mol. The van der Waals surface area contributed by atoms with Gasteiger partial charge >= 0.3 is 0 Å². The van der Waals surface area contributed by atoms with E-state index in [9.17, 15) is 4.39 Å². The highest BCUT2D eigenvalue weighted by Crippen LogP contribution is 2.24. The number of halogens is 2. The van der Waals surface area contributed by atoms with Crippen molar-refractivity contribution >= 4 is 11.6 Å². The molecule has 2 rings (SSSR count). The zero-order valence-corrected chi connectivity index (χ0v) is 11.6. The highest BCUT2D eigenvalue weighted by atomic mass is 35.5. The summed E-state index contributed by atoms with van der Waals surface area (Å²) in [6.45, 7) is 2.50. The molecule has 19 heavy (non-hydrogen) atoms. The van der Waals surface area contributed by atoms with E-state index in [1.165, 1.54) is 6.07 Å². The van der Waals surface area contributed by atoms with Gasteiger partial charge in [-0.15, -0.1) is 0 Å². The molecule has 0 aliphatic rings. The first-order valence-corrected chi connectivity index (χ1v) is 6.68. The van der Waals surface area contributed by atoms with E-state index in [4.69, 9.17) is 17.3 Å². The average Bonchev–Trinajstić information content (AvgIpc) is 2.39. The van der Waals surface area contributed by atoms with E-state index in [1.807, 2.05) is 31.2 Å². The second-order valence-electron chi connectivity index (χ2n) is 4.76. The van der Waals surface area contributed by atoms with Gasteiger partial charge in [0.15, 0.2) is 0 Å². The zero-order valence-electron chi connectivity index (χ0n) is 10.9. The van der Waals surface area contributed by atoms with Crippen molar-refractivity contribution in [2.24, 2.45) is 5.73 Å². The van der Waals surface area contributed by atoms with E-state index >= 15 is 0 Å². The Hall–Kier alpha value is -1.38. The fraction of sp³-hybridized carbons (Fsp3) is 0.250. The Morgan fingerprint density at radius 2 is 2.00 bits per heavy atom. The van der Waals surface area contributed by atoms with Crippen LogP contribution in [0.2, 0.25) is 5.02 Å². The summed E-state index contributed by atoms with van der Waals surface area (Å²) in [7, 11) is 0. The van der Waals surface area contributed by atoms with Gasteiger partial charge in [-0.1, -0.05) is 29.8 Å². The summed E-state index contributed by atoms with van der Waals surface area (Å²) in [5.41, 5.74) is 9.03. The molecule has 1 unspecified atom stereocenters. The first kappa shape index (κ1) is 14.0. The molecule has 0 amide bonds. The van der Waals surface area contributed by atoms with E-state index in [2.05, 4.69) is 0 Å². The molecule has 2 N–H and O–H groups in total. The topological polar surface area (TPSA) is 26.0 Å². The van der Waals surface area contributed by atoms with Gasteiger partial charge in [-0.25, -0.2) is 4.39 Å². The second kappa shape index (κ2) is 6.18. The molecule has 0 aliphatic heterocycles. The maximum Gasteiger partial charge on any atom is 0.123 e. The summed E-state index contributed by atoms with van der Waals surface area (Å²) in [5.74, 6) is -0.0540. The third kappa shape index (κ3) is 3.55. The second-order valence-corrected chi connectivity index (χ2v) is 5.20. The molecule has 0 aromatic heterocycles. The number of rotatable bonds is 4. The van der Waals surface area contributed by atoms with Gasteiger partial charge in [0.05, 0.1) is 0 Å². The average molecular weight is 278 g/mol. The lowest BCUT2D eigenvalue weighted by Gasteiger charge is -2.17. The highest BCUT2D eigenvalue weighted by Gasteiger charge is 2.13. The van der Waals surface area contributed by atoms with Crippen molar-refractivity contribution in [3.8, 4) is 0 Å². The molecule has 0 saturated heterocycles. The number of nitrogens with two attached hydrogens (primary N) is 1. The van der Waals surface area contributed by atoms with Crippen LogP contribution in [0.3, 0.4) is 0 Å². The standard InChI is InChI=1S/C16H17ClFN/c1-11-5-6-16(18)9-13(11)7-14(10-19)12-3-2-4-15(17)8-12/h2-6,8-9,14H,7,10,19H2,1H3. The molecule has 100 valence electrons. The minimum absolute atomic E-state index is 0.152. The molecular formula is C16H17ClFN. The Morgan fingerprint density at radius 3 is 2.68 bits per heavy atom. The smallest absolute Gasteiger partial charge is 0.123 e. The lowest BCUT2D eigenvalue weighted by molar-refractivity contribution is 0.619. The van der Waals surface area contributed by atoms with E-state index in [0.717, 1.165) is 23.1 Å². The third-order valence-corrected chi connectivity index (χ3v) is 3.62. The molecule has 3 heteroatoms. The van der Waals surface area contributed by atoms with E-state index in [0.29, 0.717) is 11.6 Å². The van der Waals surface area contributed by atoms with Crippen LogP contribution in [0.5, 0.6) is 0 Å². The first-order valence-electron chi connectivity index (χ1n) is 6.30. The van der Waals surface area contributed by atoms with Crippen LogP contribution in [-0.2, 0) is 6.42 Å². The van der Waals surface area contributed by atoms with E-state index in [-0.39, 0.29) is 11.7 Å². The summed E-state index contributed by atoms with van der Waals surface area (Å²) in [6, 6.07) is 12.6. The van der Waals surface area contributed by atoms with Gasteiger partial charge in [0.1, 0.15) is 5.82 Å². The van der Waals surface area contributed by atoms with Crippen molar-refractivity contribution in [2.45, 2.75) is 19.3 Å². The van der Waals surface area contributed by atoms with Crippen molar-refractivity contribution in [1.82, 2.24) is 0 Å². The minimum Gasteiger partial charge on any atom is -0.330 e. The highest BCUT2D eigenvalue weighted by molar-refractivity contribution is 6.30. The molecule has 1 nitrogen and oxygen atoms in total. The van der Waals surface area contributed by atoms with Crippen molar-refractivity contribution < 1.29 is 4.39 Å². The van der Waals surface area contributed by atoms with Crippen LogP contribution in [0.15, 0.2) is 42.5 Å². The van der Waals surface area contributed by atoms with Crippen LogP contribution < -0.4 is 5.73 Å². The van der Waals surface area contributed by atoms with Crippen LogP contribution >= 0.6 is 11.6 Å². The van der Waals surface area contributed by atoms with Crippen LogP contribution in [0.25, 0.3) is 0 Å². The van der Waals surface area contributed by atoms with Crippen molar-refractivity contribution in [3.63, 3.8) is 0 Å². The molecule has 0 aliphatic carbocycles. The Bertz CT molecular complexity index is 568. The number of hydrogen-bond acceptors (Lipinski definition) is 1. The Morgan fingerprint density at radius 1 is 1.21 bits per heavy atom. The van der Waals surface area contributed by atoms with Crippen molar-refractivity contribution in [3.05, 3.63) is 70.0 Å². The number of aryl methyl sites for hydroxylation is 1. The summed E-state index contributed by atoms with van der Waals surface area (Å²) in [4.78, 5) is 0. The molecule has 0 spiro atoms. The van der Waals surface area contributed by atoms with Crippen molar-refractivity contribution in [1.29, 1.82) is 0 Å². The fourth-order valence-corrected chi connectivity index (χ4v) is 2.42. The SMILES string of the molecule is Cc1ccc(F)cc1CC(CN)c1cccc(Cl)c1. The van der Waals surface area contributed by atoms with Crippen molar-refractivity contribution in [2.75, 3.05) is 6.54 Å². The normalized spacial score (nSPS) is 12.4. The fourth-order valence-electron chi connectivity index (χ4n) is 2.22. The lowest BCUT2D eigenvalue weighted by Crippen LogP contribution is -2.15. The Labute approximate surface area is 118 Å². The molecule has 0 saturated carbocycles. The number of benzene rings is 2. The molecule has 0 heterocycles. The summed E-state index contributed by atoms with van der Waals surface area (Å²) in [5, 5.41) is 0.701. The Kier molecular flexibility index (Phi) is 4.56. The maximum atomic E-state index is 13.3. The monoisotopic (exact) mass is 277 g/mol. The van der Waals surface area contributed by atoms with Crippen LogP contribution in [-0.4, -0.2) is 6.54 Å². The van der Waals surface area contributed by atoms with Crippen LogP contribution in [0.1, 0.15) is 22.6 Å². The summed E-state index contributed by atoms with van der Waals surface area (Å²) >= 11 is 6.00. The van der Waals surface area contributed by atoms with Gasteiger partial charge in [-0.3, -0.25) is 0 Å². The van der Waals surface area contributed by atoms with Gasteiger partial charge < -0.3 is 5.73 Å². The molecule has 0 fully saturated rings. The van der Waals surface area contributed by atoms with Crippen LogP contribution in [0, 0.1) is 12.7 Å². The quantitative estimate of drug-likeness (QED) is 0.896. The molecule has 0 bridgehead atoms. The molecule has 2 aromatic carbocycles. The van der Waals surface area contributed by atoms with Crippen LogP contribution in [0.4, 0.5) is 4.39 Å². The largest absolute Gasteiger partial charge is 0.330 e. The summed E-state index contributed by atoms with van der Waals surface area (Å²) < 4.78 is 13.3. The van der Waals surface area contributed by atoms with E-state index < -0.39 is 0 Å². The third-order valence-electron chi connectivity index (χ3n) is 3.38. The lowest BCUT2D eigenvalue weighted by atomic mass is 9.90. The van der Waals surface area contributed by atoms with Gasteiger partial charge in [-0.05, 0) is 60.8 Å². The first-order chi connectivity index (χ1) is 9.10. The summed E-state index contributed by atoms with van der Waals surface area (Å²) in [6.07, 6.45) is 0.723. The van der Waals surface area contributed by atoms with E-state index in [1.54, 1.807) is 12.1 Å². The van der Waals surface area contributed by atoms with Gasteiger partial charge in [0.2, 0.25) is 0 Å². The van der Waals surface area contributed by atoms with Gasteiger partial charge in [-0.2, -0.15) is 0 Å². The molecule has 1 atom stereocenters. The Balaban J connectivity index is 2.26.